The topological polar surface area (TPSA) is 189 Å². The minimum absolute atomic E-state index is 0.249. The van der Waals surface area contributed by atoms with Gasteiger partial charge in [-0.2, -0.15) is 0 Å². The first-order valence-electron chi connectivity index (χ1n) is 31.7. The maximum Gasteiger partial charge on any atom is 0.249 e. The Morgan fingerprint density at radius 1 is 0.459 bits per heavy atom. The van der Waals surface area contributed by atoms with Crippen molar-refractivity contribution in [3.8, 4) is 0 Å². The summed E-state index contributed by atoms with van der Waals surface area (Å²) in [6, 6.07) is -1.19. The predicted octanol–water partition coefficient (Wildman–Crippen LogP) is 14.1. The number of aliphatic hydroxyl groups excluding tert-OH is 7. The fraction of sp³-hybridized carbons (Fsp3) is 0.921. The fourth-order valence-electron chi connectivity index (χ4n) is 10.3. The summed E-state index contributed by atoms with van der Waals surface area (Å²) in [6.07, 6.45) is 52.6. The molecule has 0 radical (unpaired) electrons. The van der Waals surface area contributed by atoms with E-state index in [1.165, 1.54) is 218 Å². The number of aliphatic hydroxyl groups is 7. The van der Waals surface area contributed by atoms with Crippen LogP contribution >= 0.6 is 0 Å². The number of hydrogen-bond acceptors (Lipinski definition) is 10. The molecule has 1 rings (SSSR count). The third-order valence-electron chi connectivity index (χ3n) is 15.5. The van der Waals surface area contributed by atoms with Gasteiger partial charge in [-0.3, -0.25) is 4.79 Å². The predicted molar refractivity (Wildman–Crippen MR) is 307 cm³/mol. The van der Waals surface area contributed by atoms with E-state index in [1.807, 2.05) is 0 Å². The summed E-state index contributed by atoms with van der Waals surface area (Å²) in [5.41, 5.74) is 0. The highest BCUT2D eigenvalue weighted by Gasteiger charge is 2.44. The maximum absolute atomic E-state index is 13.2. The smallest absolute Gasteiger partial charge is 0.249 e. The van der Waals surface area contributed by atoms with E-state index in [9.17, 15) is 40.5 Å². The molecule has 0 aromatic rings. The van der Waals surface area contributed by atoms with Gasteiger partial charge in [-0.1, -0.05) is 276 Å². The normalized spacial score (nSPS) is 19.9. The summed E-state index contributed by atoms with van der Waals surface area (Å²) in [5, 5.41) is 76.2. The van der Waals surface area contributed by atoms with Gasteiger partial charge in [0, 0.05) is 0 Å². The first kappa shape index (κ1) is 70.6. The van der Waals surface area contributed by atoms with Gasteiger partial charge in [-0.15, -0.1) is 0 Å². The molecule has 74 heavy (non-hydrogen) atoms. The van der Waals surface area contributed by atoms with Gasteiger partial charge in [0.05, 0.1) is 25.4 Å². The Hall–Kier alpha value is -1.41. The zero-order valence-corrected chi connectivity index (χ0v) is 48.1. The second-order valence-corrected chi connectivity index (χ2v) is 22.5. The molecule has 0 aromatic heterocycles. The molecule has 0 bridgehead atoms. The molecule has 1 aliphatic rings. The summed E-state index contributed by atoms with van der Waals surface area (Å²) in [5.74, 6) is -0.705. The van der Waals surface area contributed by atoms with E-state index in [1.54, 1.807) is 0 Å². The van der Waals surface area contributed by atoms with Crippen LogP contribution in [0.3, 0.4) is 0 Å². The van der Waals surface area contributed by atoms with Crippen molar-refractivity contribution in [2.24, 2.45) is 0 Å². The summed E-state index contributed by atoms with van der Waals surface area (Å²) in [7, 11) is 0. The number of hydrogen-bond donors (Lipinski definition) is 8. The number of amides is 1. The molecule has 1 fully saturated rings. The average molecular weight is 1050 g/mol. The van der Waals surface area contributed by atoms with E-state index >= 15 is 0 Å². The number of allylic oxidation sites excluding steroid dienone is 4. The van der Waals surface area contributed by atoms with Crippen LogP contribution in [0.4, 0.5) is 0 Å². The Kier molecular flexibility index (Phi) is 49.9. The van der Waals surface area contributed by atoms with Gasteiger partial charge < -0.3 is 50.5 Å². The third-order valence-corrected chi connectivity index (χ3v) is 15.5. The molecule has 0 spiro atoms. The van der Waals surface area contributed by atoms with E-state index in [0.717, 1.165) is 38.5 Å². The van der Waals surface area contributed by atoms with Gasteiger partial charge in [0.1, 0.15) is 36.6 Å². The van der Waals surface area contributed by atoms with Crippen LogP contribution in [-0.2, 0) is 14.3 Å². The van der Waals surface area contributed by atoms with E-state index in [4.69, 9.17) is 9.47 Å². The van der Waals surface area contributed by atoms with Crippen LogP contribution in [0.2, 0.25) is 0 Å². The van der Waals surface area contributed by atoms with Gasteiger partial charge in [-0.25, -0.2) is 0 Å². The number of carbonyl (C=O) groups is 1. The van der Waals surface area contributed by atoms with Crippen LogP contribution in [0.25, 0.3) is 0 Å². The number of rotatable bonds is 55. The van der Waals surface area contributed by atoms with Gasteiger partial charge in [0.15, 0.2) is 6.29 Å². The first-order valence-corrected chi connectivity index (χ1v) is 31.7. The SMILES string of the molecule is CCCCCCCCCC/C=C/CC/C=C/CCCC(O)C(O)C(COC1OC(CO)C(O)C(O)C1O)NC(=O)C(O)CCCCCCCCCCCCCCCCCCCCCCCCCCCCCCCC. The Morgan fingerprint density at radius 3 is 1.20 bits per heavy atom. The van der Waals surface area contributed by atoms with Gasteiger partial charge in [0.2, 0.25) is 5.91 Å². The van der Waals surface area contributed by atoms with E-state index in [-0.39, 0.29) is 12.8 Å². The molecule has 0 saturated carbocycles. The van der Waals surface area contributed by atoms with Crippen LogP contribution in [0.1, 0.15) is 303 Å². The van der Waals surface area contributed by atoms with Crippen molar-refractivity contribution in [2.75, 3.05) is 13.2 Å². The molecule has 1 aliphatic heterocycles. The highest BCUT2D eigenvalue weighted by Crippen LogP contribution is 2.24. The van der Waals surface area contributed by atoms with Crippen molar-refractivity contribution in [2.45, 2.75) is 358 Å². The van der Waals surface area contributed by atoms with Gasteiger partial charge in [0.25, 0.3) is 0 Å². The second-order valence-electron chi connectivity index (χ2n) is 22.5. The minimum atomic E-state index is -1.67. The lowest BCUT2D eigenvalue weighted by Crippen LogP contribution is -2.60. The van der Waals surface area contributed by atoms with E-state index in [2.05, 4.69) is 43.5 Å². The largest absolute Gasteiger partial charge is 0.394 e. The van der Waals surface area contributed by atoms with Crippen molar-refractivity contribution in [1.29, 1.82) is 0 Å². The summed E-state index contributed by atoms with van der Waals surface area (Å²) in [6.45, 7) is 3.47. The van der Waals surface area contributed by atoms with Crippen molar-refractivity contribution in [1.82, 2.24) is 5.32 Å². The minimum Gasteiger partial charge on any atom is -0.394 e. The number of unbranched alkanes of at least 4 members (excludes halogenated alkanes) is 39. The lowest BCUT2D eigenvalue weighted by molar-refractivity contribution is -0.303. The number of ether oxygens (including phenoxy) is 2. The Bertz CT molecular complexity index is 1250. The summed E-state index contributed by atoms with van der Waals surface area (Å²) in [4.78, 5) is 13.2. The molecule has 9 unspecified atom stereocenters. The molecule has 1 amide bonds. The van der Waals surface area contributed by atoms with Crippen LogP contribution < -0.4 is 5.32 Å². The zero-order valence-electron chi connectivity index (χ0n) is 48.1. The van der Waals surface area contributed by atoms with Crippen molar-refractivity contribution in [3.63, 3.8) is 0 Å². The zero-order chi connectivity index (χ0) is 54.0. The van der Waals surface area contributed by atoms with Crippen molar-refractivity contribution < 1.29 is 50.0 Å². The molecular weight excluding hydrogens is 931 g/mol. The van der Waals surface area contributed by atoms with Gasteiger partial charge >= 0.3 is 0 Å². The fourth-order valence-corrected chi connectivity index (χ4v) is 10.3. The second kappa shape index (κ2) is 52.3. The van der Waals surface area contributed by atoms with E-state index in [0.29, 0.717) is 19.3 Å². The molecule has 0 aromatic carbocycles. The average Bonchev–Trinajstić information content (AvgIpc) is 3.40. The van der Waals surface area contributed by atoms with Crippen LogP contribution in [-0.4, -0.2) is 110 Å². The van der Waals surface area contributed by atoms with Crippen LogP contribution in [0.5, 0.6) is 0 Å². The van der Waals surface area contributed by atoms with E-state index < -0.39 is 74.2 Å². The van der Waals surface area contributed by atoms with Gasteiger partial charge in [-0.05, 0) is 51.4 Å². The Morgan fingerprint density at radius 2 is 0.811 bits per heavy atom. The molecule has 8 N–H and O–H groups in total. The monoisotopic (exact) mass is 1050 g/mol. The maximum atomic E-state index is 13.2. The van der Waals surface area contributed by atoms with Crippen molar-refractivity contribution >= 4 is 5.91 Å². The summed E-state index contributed by atoms with van der Waals surface area (Å²) >= 11 is 0. The summed E-state index contributed by atoms with van der Waals surface area (Å²) < 4.78 is 11.1. The lowest BCUT2D eigenvalue weighted by Gasteiger charge is -2.40. The Labute approximate surface area is 454 Å². The number of carbonyl (C=O) groups excluding carboxylic acids is 1. The quantitative estimate of drug-likeness (QED) is 0.0215. The molecule has 1 saturated heterocycles. The number of nitrogens with one attached hydrogen (secondary N) is 1. The van der Waals surface area contributed by atoms with Crippen LogP contribution in [0, 0.1) is 0 Å². The highest BCUT2D eigenvalue weighted by molar-refractivity contribution is 5.80. The molecule has 0 aliphatic carbocycles. The molecule has 438 valence electrons. The molecular formula is C63H121NO10. The molecule has 11 nitrogen and oxygen atoms in total. The molecule has 11 heteroatoms. The Balaban J connectivity index is 2.22. The molecule has 9 atom stereocenters. The van der Waals surface area contributed by atoms with Crippen molar-refractivity contribution in [3.05, 3.63) is 24.3 Å². The lowest BCUT2D eigenvalue weighted by atomic mass is 9.98. The van der Waals surface area contributed by atoms with Crippen LogP contribution in [0.15, 0.2) is 24.3 Å². The first-order chi connectivity index (χ1) is 36.2. The third kappa shape index (κ3) is 39.9. The molecule has 1 heterocycles. The highest BCUT2D eigenvalue weighted by atomic mass is 16.7. The standard InChI is InChI=1S/C63H121NO10/c1-3-5-7-9-11-13-15-17-19-21-22-23-24-25-26-27-28-29-30-31-32-33-35-37-39-41-43-45-47-49-51-56(67)62(72)64-54(53-73-63-61(71)60(70)59(69)57(52-65)74-63)58(68)55(66)50-48-46-44-42-40-38-36-34-20-18-16-14-12-10-8-6-4-2/h34,36,42,44,54-61,63,65-71H,3-33,35,37-41,43,45-53H2,1-2H3,(H,64,72)/b36-34+,44-42+.